The van der Waals surface area contributed by atoms with E-state index in [2.05, 4.69) is 49.2 Å². The summed E-state index contributed by atoms with van der Waals surface area (Å²) in [6.07, 6.45) is 1.29. The van der Waals surface area contributed by atoms with Crippen molar-refractivity contribution in [2.24, 2.45) is 0 Å². The first-order valence-electron chi connectivity index (χ1n) is 5.85. The molecule has 0 aliphatic carbocycles. The fraction of sp³-hybridized carbons (Fsp3) is 0.429. The number of benzene rings is 1. The van der Waals surface area contributed by atoms with Crippen LogP contribution in [0.15, 0.2) is 30.3 Å². The highest BCUT2D eigenvalue weighted by molar-refractivity contribution is 7.19. The number of likely N-dealkylation sites (tertiary alicyclic amines) is 1. The Labute approximate surface area is 101 Å². The van der Waals surface area contributed by atoms with Crippen LogP contribution in [0.1, 0.15) is 18.2 Å². The van der Waals surface area contributed by atoms with Crippen LogP contribution in [0.2, 0.25) is 0 Å². The van der Waals surface area contributed by atoms with Crippen molar-refractivity contribution < 1.29 is 0 Å². The molecule has 1 aliphatic heterocycles. The molecule has 1 saturated heterocycles. The van der Waals surface area contributed by atoms with Crippen molar-refractivity contribution in [1.29, 1.82) is 0 Å². The fourth-order valence-corrected chi connectivity index (χ4v) is 3.90. The summed E-state index contributed by atoms with van der Waals surface area (Å²) in [5.41, 5.74) is 0.373. The first kappa shape index (κ1) is 10.3. The molecule has 1 aromatic heterocycles. The van der Waals surface area contributed by atoms with Crippen molar-refractivity contribution in [3.05, 3.63) is 35.2 Å². The summed E-state index contributed by atoms with van der Waals surface area (Å²) in [5, 5.41) is 1.40. The molecule has 0 amide bonds. The Morgan fingerprint density at radius 2 is 2.12 bits per heavy atom. The van der Waals surface area contributed by atoms with Crippen LogP contribution in [-0.2, 0) is 5.41 Å². The van der Waals surface area contributed by atoms with Crippen LogP contribution in [0.5, 0.6) is 0 Å². The van der Waals surface area contributed by atoms with Gasteiger partial charge in [-0.3, -0.25) is 0 Å². The van der Waals surface area contributed by atoms with Gasteiger partial charge in [-0.05, 0) is 37.5 Å². The summed E-state index contributed by atoms with van der Waals surface area (Å²) < 4.78 is 1.42. The van der Waals surface area contributed by atoms with Crippen molar-refractivity contribution >= 4 is 21.4 Å². The maximum absolute atomic E-state index is 2.43. The topological polar surface area (TPSA) is 3.24 Å². The molecule has 1 fully saturated rings. The van der Waals surface area contributed by atoms with Crippen LogP contribution >= 0.6 is 11.3 Å². The van der Waals surface area contributed by atoms with Gasteiger partial charge in [0.15, 0.2) is 0 Å². The molecule has 0 radical (unpaired) electrons. The first-order chi connectivity index (χ1) is 7.67. The van der Waals surface area contributed by atoms with E-state index < -0.39 is 0 Å². The highest BCUT2D eigenvalue weighted by Crippen LogP contribution is 2.39. The largest absolute Gasteiger partial charge is 0.305 e. The Morgan fingerprint density at radius 3 is 2.81 bits per heavy atom. The lowest BCUT2D eigenvalue weighted by molar-refractivity contribution is 0.384. The van der Waals surface area contributed by atoms with Gasteiger partial charge in [-0.25, -0.2) is 0 Å². The third-order valence-corrected chi connectivity index (χ3v) is 5.11. The van der Waals surface area contributed by atoms with Gasteiger partial charge in [-0.1, -0.05) is 25.1 Å². The molecular formula is C14H17NS. The molecule has 1 aromatic carbocycles. The van der Waals surface area contributed by atoms with E-state index >= 15 is 0 Å². The molecule has 1 nitrogen and oxygen atoms in total. The van der Waals surface area contributed by atoms with Crippen molar-refractivity contribution in [3.63, 3.8) is 0 Å². The molecule has 3 rings (SSSR count). The fourth-order valence-electron chi connectivity index (χ4n) is 2.67. The van der Waals surface area contributed by atoms with E-state index in [1.165, 1.54) is 29.6 Å². The van der Waals surface area contributed by atoms with Gasteiger partial charge in [0.1, 0.15) is 0 Å². The average molecular weight is 231 g/mol. The normalized spacial score (nSPS) is 26.6. The smallest absolute Gasteiger partial charge is 0.0345 e. The molecule has 1 aliphatic rings. The summed E-state index contributed by atoms with van der Waals surface area (Å²) in [5.74, 6) is 0. The molecule has 2 heterocycles. The van der Waals surface area contributed by atoms with Gasteiger partial charge in [0, 0.05) is 21.5 Å². The summed E-state index contributed by atoms with van der Waals surface area (Å²) in [4.78, 5) is 3.99. The molecule has 16 heavy (non-hydrogen) atoms. The van der Waals surface area contributed by atoms with Crippen LogP contribution in [0.4, 0.5) is 0 Å². The minimum absolute atomic E-state index is 0.373. The number of fused-ring (bicyclic) bond motifs is 1. The van der Waals surface area contributed by atoms with Crippen molar-refractivity contribution in [2.45, 2.75) is 18.8 Å². The minimum atomic E-state index is 0.373. The van der Waals surface area contributed by atoms with Crippen LogP contribution in [0.25, 0.3) is 10.1 Å². The zero-order valence-electron chi connectivity index (χ0n) is 9.86. The number of hydrogen-bond donors (Lipinski definition) is 0. The van der Waals surface area contributed by atoms with E-state index in [0.717, 1.165) is 0 Å². The van der Waals surface area contributed by atoms with E-state index in [0.29, 0.717) is 5.41 Å². The summed E-state index contributed by atoms with van der Waals surface area (Å²) >= 11 is 1.97. The number of thiophene rings is 1. The van der Waals surface area contributed by atoms with Gasteiger partial charge in [0.05, 0.1) is 0 Å². The summed E-state index contributed by atoms with van der Waals surface area (Å²) in [6, 6.07) is 11.1. The summed E-state index contributed by atoms with van der Waals surface area (Å²) in [6.45, 7) is 4.83. The predicted octanol–water partition coefficient (Wildman–Crippen LogP) is 3.49. The van der Waals surface area contributed by atoms with Gasteiger partial charge < -0.3 is 4.90 Å². The Morgan fingerprint density at radius 1 is 1.31 bits per heavy atom. The van der Waals surface area contributed by atoms with Crippen LogP contribution in [-0.4, -0.2) is 25.0 Å². The monoisotopic (exact) mass is 231 g/mol. The average Bonchev–Trinajstić information content (AvgIpc) is 2.83. The molecule has 0 spiro atoms. The molecule has 2 heteroatoms. The Bertz CT molecular complexity index is 483. The molecule has 84 valence electrons. The maximum atomic E-state index is 2.43. The Balaban J connectivity index is 2.06. The molecule has 0 N–H and O–H groups in total. The number of rotatable bonds is 1. The Hall–Kier alpha value is -0.860. The van der Waals surface area contributed by atoms with Crippen molar-refractivity contribution in [1.82, 2.24) is 4.90 Å². The zero-order chi connectivity index (χ0) is 11.2. The van der Waals surface area contributed by atoms with Crippen LogP contribution < -0.4 is 0 Å². The van der Waals surface area contributed by atoms with Crippen LogP contribution in [0, 0.1) is 0 Å². The predicted molar refractivity (Wildman–Crippen MR) is 71.3 cm³/mol. The number of nitrogens with zero attached hydrogens (tertiary/aromatic N) is 1. The van der Waals surface area contributed by atoms with Gasteiger partial charge in [0.2, 0.25) is 0 Å². The lowest BCUT2D eigenvalue weighted by Crippen LogP contribution is -2.24. The number of likely N-dealkylation sites (N-methyl/N-ethyl adjacent to an activating group) is 1. The van der Waals surface area contributed by atoms with E-state index in [9.17, 15) is 0 Å². The summed E-state index contributed by atoms with van der Waals surface area (Å²) in [7, 11) is 2.22. The highest BCUT2D eigenvalue weighted by Gasteiger charge is 2.34. The second-order valence-electron chi connectivity index (χ2n) is 5.20. The SMILES string of the molecule is CN1CC[C@@](C)(c2cc3ccccc3s2)C1. The molecule has 0 bridgehead atoms. The quantitative estimate of drug-likeness (QED) is 0.726. The van der Waals surface area contributed by atoms with Gasteiger partial charge in [-0.2, -0.15) is 0 Å². The standard InChI is InChI=1S/C14H17NS/c1-14(7-8-15(2)10-14)13-9-11-5-3-4-6-12(11)16-13/h3-6,9H,7-8,10H2,1-2H3/t14-/m1/s1. The zero-order valence-corrected chi connectivity index (χ0v) is 10.7. The molecule has 0 unspecified atom stereocenters. The van der Waals surface area contributed by atoms with E-state index in [1.54, 1.807) is 4.88 Å². The van der Waals surface area contributed by atoms with Gasteiger partial charge >= 0.3 is 0 Å². The Kier molecular flexibility index (Phi) is 2.30. The van der Waals surface area contributed by atoms with Crippen LogP contribution in [0.3, 0.4) is 0 Å². The number of hydrogen-bond acceptors (Lipinski definition) is 2. The third kappa shape index (κ3) is 1.57. The minimum Gasteiger partial charge on any atom is -0.305 e. The van der Waals surface area contributed by atoms with Gasteiger partial charge in [-0.15, -0.1) is 11.3 Å². The second-order valence-corrected chi connectivity index (χ2v) is 6.28. The molecule has 0 saturated carbocycles. The molecular weight excluding hydrogens is 214 g/mol. The maximum Gasteiger partial charge on any atom is 0.0345 e. The second kappa shape index (κ2) is 3.57. The first-order valence-corrected chi connectivity index (χ1v) is 6.67. The molecule has 1 atom stereocenters. The lowest BCUT2D eigenvalue weighted by Gasteiger charge is -2.21. The van der Waals surface area contributed by atoms with Crippen molar-refractivity contribution in [2.75, 3.05) is 20.1 Å². The lowest BCUT2D eigenvalue weighted by atomic mass is 9.88. The molecule has 2 aromatic rings. The van der Waals surface area contributed by atoms with E-state index in [1.807, 2.05) is 11.3 Å². The van der Waals surface area contributed by atoms with Crippen molar-refractivity contribution in [3.8, 4) is 0 Å². The van der Waals surface area contributed by atoms with Gasteiger partial charge in [0.25, 0.3) is 0 Å². The third-order valence-electron chi connectivity index (χ3n) is 3.68. The highest BCUT2D eigenvalue weighted by atomic mass is 32.1. The van der Waals surface area contributed by atoms with E-state index in [-0.39, 0.29) is 0 Å². The van der Waals surface area contributed by atoms with E-state index in [4.69, 9.17) is 0 Å².